The summed E-state index contributed by atoms with van der Waals surface area (Å²) in [6.07, 6.45) is 1.61. The van der Waals surface area contributed by atoms with E-state index in [1.54, 1.807) is 21.8 Å². The third-order valence-electron chi connectivity index (χ3n) is 6.28. The minimum absolute atomic E-state index is 0.0351. The highest BCUT2D eigenvalue weighted by Gasteiger charge is 2.56. The number of hydrogen-bond donors (Lipinski definition) is 1. The zero-order valence-corrected chi connectivity index (χ0v) is 17.0. The van der Waals surface area contributed by atoms with Crippen molar-refractivity contribution in [3.8, 4) is 5.69 Å². The van der Waals surface area contributed by atoms with Crippen molar-refractivity contribution >= 4 is 23.3 Å². The number of aryl methyl sites for hydroxylation is 2. The molecule has 30 heavy (non-hydrogen) atoms. The molecule has 0 fully saturated rings. The van der Waals surface area contributed by atoms with Crippen molar-refractivity contribution < 1.29 is 14.0 Å². The molecule has 3 aromatic rings. The number of nitrogens with zero attached hydrogens (tertiary/aromatic N) is 3. The van der Waals surface area contributed by atoms with Gasteiger partial charge in [0.15, 0.2) is 0 Å². The minimum Gasteiger partial charge on any atom is -0.311 e. The quantitative estimate of drug-likeness (QED) is 0.709. The molecule has 2 aliphatic rings. The van der Waals surface area contributed by atoms with Crippen LogP contribution in [0.25, 0.3) is 5.69 Å². The molecule has 152 valence electrons. The number of benzene rings is 2. The first-order valence-electron chi connectivity index (χ1n) is 9.95. The average Bonchev–Trinajstić information content (AvgIpc) is 3.22. The maximum atomic E-state index is 14.0. The SMILES string of the molecule is CCN1C(=O)[C@]2(CC(=O)Nc3c2cnn3-c2ccc(C)c(C)c2)c2ccc(F)cc21. The molecule has 6 nitrogen and oxygen atoms in total. The van der Waals surface area contributed by atoms with Gasteiger partial charge in [0.25, 0.3) is 0 Å². The predicted octanol–water partition coefficient (Wildman–Crippen LogP) is 3.62. The van der Waals surface area contributed by atoms with Gasteiger partial charge in [-0.3, -0.25) is 9.59 Å². The second kappa shape index (κ2) is 6.26. The molecule has 0 radical (unpaired) electrons. The molecule has 1 atom stereocenters. The average molecular weight is 404 g/mol. The summed E-state index contributed by atoms with van der Waals surface area (Å²) in [5, 5.41) is 7.43. The summed E-state index contributed by atoms with van der Waals surface area (Å²) < 4.78 is 15.6. The lowest BCUT2D eigenvalue weighted by molar-refractivity contribution is -0.126. The zero-order chi connectivity index (χ0) is 21.2. The van der Waals surface area contributed by atoms with Gasteiger partial charge in [-0.15, -0.1) is 0 Å². The number of carbonyl (C=O) groups excluding carboxylic acids is 2. The van der Waals surface area contributed by atoms with Crippen molar-refractivity contribution in [3.63, 3.8) is 0 Å². The number of rotatable bonds is 2. The van der Waals surface area contributed by atoms with Crippen LogP contribution in [0.5, 0.6) is 0 Å². The molecule has 7 heteroatoms. The Hall–Kier alpha value is -3.48. The summed E-state index contributed by atoms with van der Waals surface area (Å²) in [5.41, 5.74) is 3.65. The van der Waals surface area contributed by atoms with Crippen molar-refractivity contribution in [2.24, 2.45) is 0 Å². The molecule has 0 saturated heterocycles. The van der Waals surface area contributed by atoms with Crippen molar-refractivity contribution in [2.75, 3.05) is 16.8 Å². The van der Waals surface area contributed by atoms with E-state index >= 15 is 0 Å². The van der Waals surface area contributed by atoms with E-state index in [1.807, 2.05) is 39.0 Å². The van der Waals surface area contributed by atoms with Gasteiger partial charge in [-0.2, -0.15) is 5.10 Å². The molecule has 3 heterocycles. The van der Waals surface area contributed by atoms with Crippen LogP contribution in [0.1, 0.15) is 35.6 Å². The second-order valence-corrected chi connectivity index (χ2v) is 7.93. The highest BCUT2D eigenvalue weighted by atomic mass is 19.1. The van der Waals surface area contributed by atoms with Crippen LogP contribution in [0.3, 0.4) is 0 Å². The summed E-state index contributed by atoms with van der Waals surface area (Å²) in [7, 11) is 0. The Morgan fingerprint density at radius 2 is 1.90 bits per heavy atom. The Kier molecular flexibility index (Phi) is 3.87. The number of hydrogen-bond acceptors (Lipinski definition) is 3. The smallest absolute Gasteiger partial charge is 0.242 e. The molecular formula is C23H21FN4O2. The lowest BCUT2D eigenvalue weighted by Gasteiger charge is -2.32. The minimum atomic E-state index is -1.20. The van der Waals surface area contributed by atoms with Crippen molar-refractivity contribution in [3.05, 3.63) is 70.7 Å². The lowest BCUT2D eigenvalue weighted by atomic mass is 9.72. The summed E-state index contributed by atoms with van der Waals surface area (Å²) >= 11 is 0. The fraction of sp³-hybridized carbons (Fsp3) is 0.261. The highest BCUT2D eigenvalue weighted by Crippen LogP contribution is 2.52. The Labute approximate surface area is 173 Å². The molecule has 2 amide bonds. The van der Waals surface area contributed by atoms with Gasteiger partial charge in [0, 0.05) is 18.5 Å². The highest BCUT2D eigenvalue weighted by molar-refractivity contribution is 6.15. The zero-order valence-electron chi connectivity index (χ0n) is 17.0. The summed E-state index contributed by atoms with van der Waals surface area (Å²) in [5.74, 6) is -0.421. The second-order valence-electron chi connectivity index (χ2n) is 7.93. The van der Waals surface area contributed by atoms with E-state index in [2.05, 4.69) is 10.4 Å². The molecule has 2 aromatic carbocycles. The first-order valence-corrected chi connectivity index (χ1v) is 9.95. The van der Waals surface area contributed by atoms with Gasteiger partial charge in [-0.1, -0.05) is 12.1 Å². The maximum absolute atomic E-state index is 14.0. The lowest BCUT2D eigenvalue weighted by Crippen LogP contribution is -2.46. The Bertz CT molecular complexity index is 1230. The predicted molar refractivity (Wildman–Crippen MR) is 111 cm³/mol. The first kappa shape index (κ1) is 18.5. The molecule has 0 bridgehead atoms. The maximum Gasteiger partial charge on any atom is 0.242 e. The number of carbonyl (C=O) groups is 2. The standard InChI is InChI=1S/C23H21FN4O2/c1-4-27-19-10-15(24)6-8-17(19)23(22(27)30)11-20(29)26-21-18(23)12-25-28(21)16-7-5-13(2)14(3)9-16/h5-10,12H,4,11H2,1-3H3,(H,26,29)/t23-/m1/s1. The molecule has 5 rings (SSSR count). The number of halogens is 1. The van der Waals surface area contributed by atoms with E-state index in [0.717, 1.165) is 16.8 Å². The van der Waals surface area contributed by atoms with Gasteiger partial charge in [0.05, 0.1) is 17.6 Å². The number of nitrogens with one attached hydrogen (secondary N) is 1. The third kappa shape index (κ3) is 2.32. The van der Waals surface area contributed by atoms with Gasteiger partial charge in [-0.05, 0) is 61.7 Å². The number of amides is 2. The largest absolute Gasteiger partial charge is 0.311 e. The summed E-state index contributed by atoms with van der Waals surface area (Å²) in [4.78, 5) is 28.0. The van der Waals surface area contributed by atoms with E-state index in [-0.39, 0.29) is 18.2 Å². The Morgan fingerprint density at radius 1 is 1.10 bits per heavy atom. The molecule has 2 aliphatic heterocycles. The fourth-order valence-electron chi connectivity index (χ4n) is 4.64. The van der Waals surface area contributed by atoms with E-state index in [9.17, 15) is 14.0 Å². The van der Waals surface area contributed by atoms with Crippen LogP contribution < -0.4 is 10.2 Å². The number of likely N-dealkylation sites (N-methyl/N-ethyl adjacent to an activating group) is 1. The van der Waals surface area contributed by atoms with Gasteiger partial charge in [0.1, 0.15) is 17.1 Å². The van der Waals surface area contributed by atoms with E-state index in [0.29, 0.717) is 29.2 Å². The number of fused-ring (bicyclic) bond motifs is 4. The molecular weight excluding hydrogens is 383 g/mol. The van der Waals surface area contributed by atoms with Crippen molar-refractivity contribution in [1.82, 2.24) is 9.78 Å². The number of aromatic nitrogens is 2. The molecule has 1 aromatic heterocycles. The van der Waals surface area contributed by atoms with Gasteiger partial charge < -0.3 is 10.2 Å². The van der Waals surface area contributed by atoms with Crippen molar-refractivity contribution in [1.29, 1.82) is 0 Å². The van der Waals surface area contributed by atoms with E-state index < -0.39 is 11.2 Å². The van der Waals surface area contributed by atoms with Crippen LogP contribution in [0.2, 0.25) is 0 Å². The van der Waals surface area contributed by atoms with Gasteiger partial charge in [0.2, 0.25) is 11.8 Å². The van der Waals surface area contributed by atoms with E-state index in [4.69, 9.17) is 0 Å². The molecule has 0 unspecified atom stereocenters. The Balaban J connectivity index is 1.76. The van der Waals surface area contributed by atoms with E-state index in [1.165, 1.54) is 12.1 Å². The third-order valence-corrected chi connectivity index (χ3v) is 6.28. The molecule has 1 N–H and O–H groups in total. The van der Waals surface area contributed by atoms with Crippen LogP contribution in [-0.4, -0.2) is 28.1 Å². The normalized spacial score (nSPS) is 19.8. The van der Waals surface area contributed by atoms with Crippen molar-refractivity contribution in [2.45, 2.75) is 32.6 Å². The summed E-state index contributed by atoms with van der Waals surface area (Å²) in [6.45, 7) is 6.27. The number of anilines is 2. The Morgan fingerprint density at radius 3 is 2.63 bits per heavy atom. The molecule has 0 saturated carbocycles. The van der Waals surface area contributed by atoms with Crippen LogP contribution in [0.4, 0.5) is 15.9 Å². The topological polar surface area (TPSA) is 67.2 Å². The van der Waals surface area contributed by atoms with Gasteiger partial charge >= 0.3 is 0 Å². The first-order chi connectivity index (χ1) is 14.4. The van der Waals surface area contributed by atoms with Gasteiger partial charge in [-0.25, -0.2) is 9.07 Å². The van der Waals surface area contributed by atoms with Crippen LogP contribution >= 0.6 is 0 Å². The molecule has 0 aliphatic carbocycles. The van der Waals surface area contributed by atoms with Crippen LogP contribution in [-0.2, 0) is 15.0 Å². The summed E-state index contributed by atoms with van der Waals surface area (Å²) in [6, 6.07) is 10.2. The molecule has 1 spiro atoms. The monoisotopic (exact) mass is 404 g/mol. The van der Waals surface area contributed by atoms with Crippen LogP contribution in [0, 0.1) is 19.7 Å². The fourth-order valence-corrected chi connectivity index (χ4v) is 4.64. The van der Waals surface area contributed by atoms with Crippen LogP contribution in [0.15, 0.2) is 42.6 Å².